The fourth-order valence-electron chi connectivity index (χ4n) is 3.31. The number of nitrogens with one attached hydrogen (secondary N) is 1. The molecule has 3 heterocycles. The van der Waals surface area contributed by atoms with Crippen LogP contribution < -0.4 is 11.2 Å². The third-order valence-electron chi connectivity index (χ3n) is 4.50. The van der Waals surface area contributed by atoms with E-state index < -0.39 is 11.2 Å². The number of nitrogens with zero attached hydrogens (tertiary/aromatic N) is 5. The number of rotatable bonds is 7. The first kappa shape index (κ1) is 19.1. The van der Waals surface area contributed by atoms with Gasteiger partial charge in [0.1, 0.15) is 5.82 Å². The molecule has 146 valence electrons. The molecule has 3 aromatic heterocycles. The van der Waals surface area contributed by atoms with Gasteiger partial charge in [-0.2, -0.15) is 5.10 Å². The molecule has 0 unspecified atom stereocenters. The SMILES string of the molecule is CCCn1c(=O)[nH]c(=O)c2c1nc(-c1cn(C)nc1C(C)C)n2CCOC. The van der Waals surface area contributed by atoms with Crippen molar-refractivity contribution < 1.29 is 4.74 Å². The highest BCUT2D eigenvalue weighted by Crippen LogP contribution is 2.29. The Kier molecular flexibility index (Phi) is 5.31. The third kappa shape index (κ3) is 3.34. The summed E-state index contributed by atoms with van der Waals surface area (Å²) >= 11 is 0. The number of aromatic nitrogens is 6. The van der Waals surface area contributed by atoms with E-state index in [4.69, 9.17) is 9.72 Å². The molecule has 0 atom stereocenters. The average Bonchev–Trinajstić information content (AvgIpc) is 3.17. The summed E-state index contributed by atoms with van der Waals surface area (Å²) in [5, 5.41) is 4.55. The van der Waals surface area contributed by atoms with Crippen molar-refractivity contribution in [2.45, 2.75) is 46.2 Å². The summed E-state index contributed by atoms with van der Waals surface area (Å²) in [4.78, 5) is 32.1. The van der Waals surface area contributed by atoms with E-state index in [1.54, 1.807) is 11.8 Å². The van der Waals surface area contributed by atoms with Crippen LogP contribution in [0, 0.1) is 0 Å². The molecule has 0 bridgehead atoms. The normalized spacial score (nSPS) is 11.8. The van der Waals surface area contributed by atoms with Crippen molar-refractivity contribution in [3.63, 3.8) is 0 Å². The molecule has 0 aliphatic rings. The first-order valence-corrected chi connectivity index (χ1v) is 9.15. The second kappa shape index (κ2) is 7.51. The van der Waals surface area contributed by atoms with E-state index in [1.165, 1.54) is 4.57 Å². The van der Waals surface area contributed by atoms with Crippen LogP contribution in [0.2, 0.25) is 0 Å². The maximum atomic E-state index is 12.6. The van der Waals surface area contributed by atoms with Crippen LogP contribution >= 0.6 is 0 Å². The van der Waals surface area contributed by atoms with E-state index in [-0.39, 0.29) is 5.92 Å². The number of H-pyrrole nitrogens is 1. The van der Waals surface area contributed by atoms with E-state index in [2.05, 4.69) is 23.9 Å². The Morgan fingerprint density at radius 2 is 1.96 bits per heavy atom. The molecule has 0 aromatic carbocycles. The van der Waals surface area contributed by atoms with E-state index in [9.17, 15) is 9.59 Å². The number of hydrogen-bond donors (Lipinski definition) is 1. The summed E-state index contributed by atoms with van der Waals surface area (Å²) < 4.78 is 10.3. The number of imidazole rings is 1. The van der Waals surface area contributed by atoms with E-state index in [0.29, 0.717) is 36.7 Å². The summed E-state index contributed by atoms with van der Waals surface area (Å²) in [5.41, 5.74) is 1.66. The molecule has 0 radical (unpaired) electrons. The van der Waals surface area contributed by atoms with Gasteiger partial charge >= 0.3 is 5.69 Å². The number of aryl methyl sites for hydroxylation is 2. The van der Waals surface area contributed by atoms with E-state index >= 15 is 0 Å². The van der Waals surface area contributed by atoms with Crippen LogP contribution in [0.4, 0.5) is 0 Å². The van der Waals surface area contributed by atoms with Crippen molar-refractivity contribution in [2.24, 2.45) is 7.05 Å². The summed E-state index contributed by atoms with van der Waals surface area (Å²) in [7, 11) is 3.47. The zero-order chi connectivity index (χ0) is 19.7. The highest BCUT2D eigenvalue weighted by Gasteiger charge is 2.23. The summed E-state index contributed by atoms with van der Waals surface area (Å²) in [6, 6.07) is 0. The van der Waals surface area contributed by atoms with Crippen molar-refractivity contribution in [1.29, 1.82) is 0 Å². The molecule has 0 saturated heterocycles. The van der Waals surface area contributed by atoms with Gasteiger partial charge < -0.3 is 9.30 Å². The van der Waals surface area contributed by atoms with Gasteiger partial charge in [0.25, 0.3) is 5.56 Å². The zero-order valence-electron chi connectivity index (χ0n) is 16.4. The second-order valence-electron chi connectivity index (χ2n) is 6.92. The van der Waals surface area contributed by atoms with Crippen molar-refractivity contribution >= 4 is 11.2 Å². The van der Waals surface area contributed by atoms with Gasteiger partial charge in [-0.1, -0.05) is 20.8 Å². The van der Waals surface area contributed by atoms with Crippen LogP contribution in [0.3, 0.4) is 0 Å². The maximum Gasteiger partial charge on any atom is 0.330 e. The lowest BCUT2D eigenvalue weighted by molar-refractivity contribution is 0.188. The molecule has 3 rings (SSSR count). The Morgan fingerprint density at radius 1 is 1.22 bits per heavy atom. The number of ether oxygens (including phenoxy) is 1. The molecule has 9 heteroatoms. The number of fused-ring (bicyclic) bond motifs is 1. The van der Waals surface area contributed by atoms with Crippen molar-refractivity contribution in [3.8, 4) is 11.4 Å². The molecule has 9 nitrogen and oxygen atoms in total. The minimum absolute atomic E-state index is 0.188. The van der Waals surface area contributed by atoms with E-state index in [1.807, 2.05) is 24.7 Å². The van der Waals surface area contributed by atoms with Crippen LogP contribution in [0.5, 0.6) is 0 Å². The molecule has 0 spiro atoms. The molecular formula is C18H26N6O3. The van der Waals surface area contributed by atoms with Gasteiger partial charge in [0.15, 0.2) is 11.2 Å². The number of methoxy groups -OCH3 is 1. The van der Waals surface area contributed by atoms with E-state index in [0.717, 1.165) is 17.7 Å². The fourth-order valence-corrected chi connectivity index (χ4v) is 3.31. The highest BCUT2D eigenvalue weighted by atomic mass is 16.5. The largest absolute Gasteiger partial charge is 0.383 e. The summed E-state index contributed by atoms with van der Waals surface area (Å²) in [5.74, 6) is 0.813. The maximum absolute atomic E-state index is 12.6. The minimum atomic E-state index is -0.438. The van der Waals surface area contributed by atoms with Gasteiger partial charge in [0.05, 0.1) is 17.9 Å². The molecule has 0 aliphatic carbocycles. The Bertz CT molecular complexity index is 1070. The molecule has 1 N–H and O–H groups in total. The quantitative estimate of drug-likeness (QED) is 0.675. The third-order valence-corrected chi connectivity index (χ3v) is 4.50. The molecular weight excluding hydrogens is 348 g/mol. The van der Waals surface area contributed by atoms with Crippen molar-refractivity contribution in [1.82, 2.24) is 28.9 Å². The lowest BCUT2D eigenvalue weighted by Crippen LogP contribution is -2.31. The predicted octanol–water partition coefficient (Wildman–Crippen LogP) is 1.47. The zero-order valence-corrected chi connectivity index (χ0v) is 16.4. The van der Waals surface area contributed by atoms with Crippen LogP contribution in [0.1, 0.15) is 38.8 Å². The Balaban J connectivity index is 2.39. The fraction of sp³-hybridized carbons (Fsp3) is 0.556. The highest BCUT2D eigenvalue weighted by molar-refractivity contribution is 5.77. The molecule has 0 saturated carbocycles. The van der Waals surface area contributed by atoms with Crippen molar-refractivity contribution in [3.05, 3.63) is 32.7 Å². The van der Waals surface area contributed by atoms with Gasteiger partial charge in [-0.15, -0.1) is 0 Å². The van der Waals surface area contributed by atoms with Crippen LogP contribution in [0.15, 0.2) is 15.8 Å². The van der Waals surface area contributed by atoms with Gasteiger partial charge in [-0.25, -0.2) is 9.78 Å². The van der Waals surface area contributed by atoms with Gasteiger partial charge in [0.2, 0.25) is 0 Å². The standard InChI is InChI=1S/C18H26N6O3/c1-6-7-24-16-14(17(25)20-18(24)26)23(8-9-27-5)15(19-16)12-10-22(4)21-13(12)11(2)3/h10-11H,6-9H2,1-5H3,(H,20,25,26). The van der Waals surface area contributed by atoms with Crippen molar-refractivity contribution in [2.75, 3.05) is 13.7 Å². The van der Waals surface area contributed by atoms with Crippen LogP contribution in [-0.4, -0.2) is 42.6 Å². The average molecular weight is 374 g/mol. The topological polar surface area (TPSA) is 99.7 Å². The number of hydrogen-bond acceptors (Lipinski definition) is 5. The molecule has 3 aromatic rings. The smallest absolute Gasteiger partial charge is 0.330 e. The van der Waals surface area contributed by atoms with Crippen LogP contribution in [-0.2, 0) is 24.9 Å². The predicted molar refractivity (Wildman–Crippen MR) is 103 cm³/mol. The van der Waals surface area contributed by atoms with Gasteiger partial charge in [0, 0.05) is 33.4 Å². The van der Waals surface area contributed by atoms with Crippen LogP contribution in [0.25, 0.3) is 22.6 Å². The summed E-state index contributed by atoms with van der Waals surface area (Å²) in [6.07, 6.45) is 2.65. The van der Waals surface area contributed by atoms with Gasteiger partial charge in [-0.3, -0.25) is 19.0 Å². The Labute approximate surface area is 156 Å². The first-order chi connectivity index (χ1) is 12.9. The summed E-state index contributed by atoms with van der Waals surface area (Å²) in [6.45, 7) is 7.45. The second-order valence-corrected chi connectivity index (χ2v) is 6.92. The molecule has 0 amide bonds. The lowest BCUT2D eigenvalue weighted by Gasteiger charge is -2.09. The lowest BCUT2D eigenvalue weighted by atomic mass is 10.1. The minimum Gasteiger partial charge on any atom is -0.383 e. The first-order valence-electron chi connectivity index (χ1n) is 9.15. The molecule has 0 fully saturated rings. The monoisotopic (exact) mass is 374 g/mol. The molecule has 27 heavy (non-hydrogen) atoms. The Morgan fingerprint density at radius 3 is 2.59 bits per heavy atom. The Hall–Kier alpha value is -2.68. The number of aromatic amines is 1. The molecule has 0 aliphatic heterocycles. The van der Waals surface area contributed by atoms with Gasteiger partial charge in [-0.05, 0) is 12.3 Å².